The zero-order valence-corrected chi connectivity index (χ0v) is 14.2. The number of halogens is 2. The Hall–Kier alpha value is -2.23. The van der Waals surface area contributed by atoms with Gasteiger partial charge in [0, 0.05) is 47.5 Å². The highest BCUT2D eigenvalue weighted by Gasteiger charge is 2.38. The minimum Gasteiger partial charge on any atom is -0.466 e. The molecule has 0 spiro atoms. The summed E-state index contributed by atoms with van der Waals surface area (Å²) in [7, 11) is 0.183. The van der Waals surface area contributed by atoms with Crippen molar-refractivity contribution in [1.82, 2.24) is 0 Å². The largest absolute Gasteiger partial charge is 0.466 e. The minimum absolute atomic E-state index is 0.0456. The number of methoxy groups -OCH3 is 1. The van der Waals surface area contributed by atoms with E-state index in [0.717, 1.165) is 24.1 Å². The van der Waals surface area contributed by atoms with Crippen LogP contribution in [0.2, 0.25) is 0 Å². The molecule has 2 saturated heterocycles. The van der Waals surface area contributed by atoms with Crippen molar-refractivity contribution in [2.24, 2.45) is 0 Å². The van der Waals surface area contributed by atoms with Gasteiger partial charge in [-0.2, -0.15) is 0 Å². The van der Waals surface area contributed by atoms with Crippen LogP contribution in [0.25, 0.3) is 0 Å². The third-order valence-electron chi connectivity index (χ3n) is 4.08. The van der Waals surface area contributed by atoms with Gasteiger partial charge in [0.2, 0.25) is 6.10 Å². The van der Waals surface area contributed by atoms with Crippen LogP contribution >= 0.6 is 0 Å². The normalized spacial score (nSPS) is 21.4. The Labute approximate surface area is 144 Å². The maximum atomic E-state index is 14.5. The van der Waals surface area contributed by atoms with E-state index in [1.807, 2.05) is 0 Å². The van der Waals surface area contributed by atoms with Crippen molar-refractivity contribution >= 4 is 34.2 Å². The third kappa shape index (κ3) is 3.44. The Morgan fingerprint density at radius 1 is 1.28 bits per heavy atom. The van der Waals surface area contributed by atoms with Gasteiger partial charge < -0.3 is 14.4 Å². The minimum atomic E-state index is -1.14. The molecule has 2 heterocycles. The Morgan fingerprint density at radius 3 is 2.44 bits per heavy atom. The second-order valence-corrected chi connectivity index (χ2v) is 7.30. The van der Waals surface area contributed by atoms with Crippen LogP contribution in [0, 0.1) is 11.6 Å². The second kappa shape index (κ2) is 6.95. The van der Waals surface area contributed by atoms with Crippen molar-refractivity contribution in [1.29, 1.82) is 0 Å². The van der Waals surface area contributed by atoms with Crippen LogP contribution in [-0.4, -0.2) is 60.6 Å². The standard InChI is InChI=1S/C15H16F2N2O5S/c1-23-14(20)12-8-19(15(21)24-12)9-6-10(16)13(11(17)7-9)18-2-4-25(22)5-3-18/h6-7,12H,2-5,8H2,1H3/t12-/m1/s1. The van der Waals surface area contributed by atoms with Crippen molar-refractivity contribution in [3.8, 4) is 0 Å². The van der Waals surface area contributed by atoms with Gasteiger partial charge in [0.05, 0.1) is 19.3 Å². The number of hydrogen-bond acceptors (Lipinski definition) is 6. The average Bonchev–Trinajstić information content (AvgIpc) is 2.97. The zero-order valence-electron chi connectivity index (χ0n) is 13.4. The fourth-order valence-corrected chi connectivity index (χ4v) is 3.85. The van der Waals surface area contributed by atoms with Gasteiger partial charge in [0.25, 0.3) is 0 Å². The first-order valence-corrected chi connectivity index (χ1v) is 9.04. The lowest BCUT2D eigenvalue weighted by Crippen LogP contribution is -2.38. The molecule has 0 unspecified atom stereocenters. The first-order valence-electron chi connectivity index (χ1n) is 7.55. The highest BCUT2D eigenvalue weighted by atomic mass is 32.2. The summed E-state index contributed by atoms with van der Waals surface area (Å²) in [5.74, 6) is -1.72. The Kier molecular flexibility index (Phi) is 4.89. The Balaban J connectivity index is 1.84. The van der Waals surface area contributed by atoms with Crippen LogP contribution in [0.1, 0.15) is 0 Å². The number of esters is 1. The number of hydrogen-bond donors (Lipinski definition) is 0. The summed E-state index contributed by atoms with van der Waals surface area (Å²) in [5.41, 5.74) is -0.256. The van der Waals surface area contributed by atoms with Gasteiger partial charge in [0.1, 0.15) is 5.69 Å². The molecule has 2 aliphatic heterocycles. The number of carbonyl (C=O) groups excluding carboxylic acids is 2. The number of benzene rings is 1. The number of cyclic esters (lactones) is 1. The molecule has 2 fully saturated rings. The zero-order chi connectivity index (χ0) is 18.1. The first-order chi connectivity index (χ1) is 11.9. The number of nitrogens with zero attached hydrogens (tertiary/aromatic N) is 2. The van der Waals surface area contributed by atoms with Gasteiger partial charge in [-0.1, -0.05) is 0 Å². The predicted octanol–water partition coefficient (Wildman–Crippen LogP) is 1.03. The van der Waals surface area contributed by atoms with E-state index >= 15 is 0 Å². The third-order valence-corrected chi connectivity index (χ3v) is 5.36. The number of anilines is 2. The highest BCUT2D eigenvalue weighted by molar-refractivity contribution is 7.85. The maximum Gasteiger partial charge on any atom is 0.415 e. The Bertz CT molecular complexity index is 712. The molecule has 10 heteroatoms. The van der Waals surface area contributed by atoms with E-state index in [1.165, 1.54) is 4.90 Å². The smallest absolute Gasteiger partial charge is 0.415 e. The molecule has 1 aromatic rings. The monoisotopic (exact) mass is 374 g/mol. The van der Waals surface area contributed by atoms with Crippen LogP contribution < -0.4 is 9.80 Å². The molecule has 1 amide bonds. The molecule has 0 saturated carbocycles. The van der Waals surface area contributed by atoms with Crippen molar-refractivity contribution in [3.05, 3.63) is 23.8 Å². The van der Waals surface area contributed by atoms with E-state index in [-0.39, 0.29) is 31.0 Å². The summed E-state index contributed by atoms with van der Waals surface area (Å²) in [6, 6.07) is 2.04. The molecule has 0 aromatic heterocycles. The van der Waals surface area contributed by atoms with E-state index in [9.17, 15) is 22.6 Å². The molecular weight excluding hydrogens is 358 g/mol. The van der Waals surface area contributed by atoms with Crippen molar-refractivity contribution in [2.45, 2.75) is 6.10 Å². The van der Waals surface area contributed by atoms with E-state index in [1.54, 1.807) is 0 Å². The topological polar surface area (TPSA) is 76.2 Å². The molecule has 1 atom stereocenters. The summed E-state index contributed by atoms with van der Waals surface area (Å²) in [6.07, 6.45) is -2.02. The average molecular weight is 374 g/mol. The van der Waals surface area contributed by atoms with Crippen molar-refractivity contribution in [2.75, 3.05) is 48.0 Å². The van der Waals surface area contributed by atoms with Crippen molar-refractivity contribution in [3.63, 3.8) is 0 Å². The molecule has 0 radical (unpaired) electrons. The SMILES string of the molecule is COC(=O)[C@H]1CN(c2cc(F)c(N3CCS(=O)CC3)c(F)c2)C(=O)O1. The van der Waals surface area contributed by atoms with Gasteiger partial charge in [-0.15, -0.1) is 0 Å². The molecule has 3 rings (SSSR count). The first kappa shape index (κ1) is 17.6. The van der Waals surface area contributed by atoms with Gasteiger partial charge >= 0.3 is 12.1 Å². The Morgan fingerprint density at radius 2 is 1.88 bits per heavy atom. The fourth-order valence-electron chi connectivity index (χ4n) is 2.80. The van der Waals surface area contributed by atoms with Crippen LogP contribution in [-0.2, 0) is 25.1 Å². The molecule has 1 aromatic carbocycles. The van der Waals surface area contributed by atoms with E-state index in [4.69, 9.17) is 4.74 Å². The summed E-state index contributed by atoms with van der Waals surface area (Å²) >= 11 is 0. The highest BCUT2D eigenvalue weighted by Crippen LogP contribution is 2.31. The lowest BCUT2D eigenvalue weighted by atomic mass is 10.2. The van der Waals surface area contributed by atoms with Crippen LogP contribution in [0.15, 0.2) is 12.1 Å². The predicted molar refractivity (Wildman–Crippen MR) is 86.1 cm³/mol. The van der Waals surface area contributed by atoms with Gasteiger partial charge in [-0.05, 0) is 0 Å². The molecule has 0 N–H and O–H groups in total. The van der Waals surface area contributed by atoms with Crippen LogP contribution in [0.3, 0.4) is 0 Å². The van der Waals surface area contributed by atoms with Crippen LogP contribution in [0.5, 0.6) is 0 Å². The lowest BCUT2D eigenvalue weighted by molar-refractivity contribution is -0.148. The van der Waals surface area contributed by atoms with Gasteiger partial charge in [-0.25, -0.2) is 18.4 Å². The molecule has 0 bridgehead atoms. The summed E-state index contributed by atoms with van der Waals surface area (Å²) in [5, 5.41) is 0. The number of ether oxygens (including phenoxy) is 2. The summed E-state index contributed by atoms with van der Waals surface area (Å²) < 4.78 is 49.7. The van der Waals surface area contributed by atoms with Gasteiger partial charge in [-0.3, -0.25) is 9.11 Å². The quantitative estimate of drug-likeness (QED) is 0.736. The summed E-state index contributed by atoms with van der Waals surface area (Å²) in [6.45, 7) is 0.387. The maximum absolute atomic E-state index is 14.5. The number of carbonyl (C=O) groups is 2. The number of amides is 1. The van der Waals surface area contributed by atoms with E-state index in [0.29, 0.717) is 11.5 Å². The fraction of sp³-hybridized carbons (Fsp3) is 0.467. The second-order valence-electron chi connectivity index (χ2n) is 5.60. The van der Waals surface area contributed by atoms with E-state index < -0.39 is 40.6 Å². The molecule has 0 aliphatic carbocycles. The van der Waals surface area contributed by atoms with E-state index in [2.05, 4.69) is 4.74 Å². The lowest BCUT2D eigenvalue weighted by Gasteiger charge is -2.29. The molecule has 2 aliphatic rings. The molecular formula is C15H16F2N2O5S. The van der Waals surface area contributed by atoms with Crippen molar-refractivity contribution < 1.29 is 32.1 Å². The molecule has 25 heavy (non-hydrogen) atoms. The van der Waals surface area contributed by atoms with Crippen LogP contribution in [0.4, 0.5) is 25.0 Å². The molecule has 136 valence electrons. The molecule has 7 nitrogen and oxygen atoms in total. The van der Waals surface area contributed by atoms with Gasteiger partial charge in [0.15, 0.2) is 11.6 Å². The summed E-state index contributed by atoms with van der Waals surface area (Å²) in [4.78, 5) is 25.8. The number of rotatable bonds is 3.